The molecule has 0 amide bonds. The van der Waals surface area contributed by atoms with Crippen LogP contribution in [-0.2, 0) is 19.1 Å². The Morgan fingerprint density at radius 1 is 1.20 bits per heavy atom. The van der Waals surface area contributed by atoms with Crippen molar-refractivity contribution < 1.29 is 29.3 Å². The summed E-state index contributed by atoms with van der Waals surface area (Å²) >= 11 is 0. The number of fused-ring (bicyclic) bond motifs is 5. The molecular weight excluding hydrogens is 390 g/mol. The molecule has 1 aliphatic carbocycles. The number of allylic oxidation sites excluding steroid dienone is 2. The molecule has 2 N–H and O–H groups in total. The number of piperazine rings is 1. The number of rotatable bonds is 2. The van der Waals surface area contributed by atoms with Gasteiger partial charge in [0.05, 0.1) is 32.4 Å². The first-order valence-corrected chi connectivity index (χ1v) is 10.7. The van der Waals surface area contributed by atoms with Gasteiger partial charge in [-0.3, -0.25) is 24.3 Å². The predicted molar refractivity (Wildman–Crippen MR) is 103 cm³/mol. The number of aliphatic hydroxyl groups excluding tert-OH is 2. The fraction of sp³-hybridized carbons (Fsp3) is 0.714. The highest BCUT2D eigenvalue weighted by Crippen LogP contribution is 2.54. The molecule has 8 atom stereocenters. The molecule has 0 saturated carbocycles. The van der Waals surface area contributed by atoms with E-state index in [1.54, 1.807) is 6.92 Å². The fourth-order valence-electron chi connectivity index (χ4n) is 7.26. The number of hydrogen-bond acceptors (Lipinski definition) is 9. The third-order valence-corrected chi connectivity index (χ3v) is 8.33. The Balaban J connectivity index is 1.61. The second-order valence-electron chi connectivity index (χ2n) is 9.26. The van der Waals surface area contributed by atoms with Crippen molar-refractivity contribution in [3.63, 3.8) is 0 Å². The number of Topliss-reactive ketones (excluding diaryl/α,β-unsaturated/α-hetero) is 2. The van der Waals surface area contributed by atoms with E-state index in [9.17, 15) is 19.8 Å². The molecule has 0 spiro atoms. The summed E-state index contributed by atoms with van der Waals surface area (Å²) in [5.74, 6) is -0.319. The minimum Gasteiger partial charge on any atom is -0.492 e. The third kappa shape index (κ3) is 1.99. The van der Waals surface area contributed by atoms with E-state index in [4.69, 9.17) is 9.47 Å². The molecule has 9 heteroatoms. The van der Waals surface area contributed by atoms with Crippen LogP contribution < -0.4 is 0 Å². The number of likely N-dealkylation sites (N-methyl/N-ethyl adjacent to an activating group) is 1. The number of piperidine rings is 1. The maximum atomic E-state index is 13.6. The Labute approximate surface area is 174 Å². The van der Waals surface area contributed by atoms with Gasteiger partial charge >= 0.3 is 0 Å². The number of ether oxygens (including phenoxy) is 2. The first kappa shape index (κ1) is 19.1. The topological polar surface area (TPSA) is 103 Å². The van der Waals surface area contributed by atoms with E-state index in [1.807, 2.05) is 11.9 Å². The van der Waals surface area contributed by atoms with Gasteiger partial charge in [0.15, 0.2) is 11.5 Å². The molecule has 6 rings (SSSR count). The van der Waals surface area contributed by atoms with Gasteiger partial charge in [-0.1, -0.05) is 0 Å². The van der Waals surface area contributed by atoms with Crippen LogP contribution in [-0.4, -0.2) is 113 Å². The van der Waals surface area contributed by atoms with Crippen molar-refractivity contribution in [2.24, 2.45) is 5.92 Å². The fourth-order valence-corrected chi connectivity index (χ4v) is 7.26. The Hall–Kier alpha value is -1.62. The molecule has 30 heavy (non-hydrogen) atoms. The van der Waals surface area contributed by atoms with Crippen LogP contribution in [0.4, 0.5) is 0 Å². The van der Waals surface area contributed by atoms with Gasteiger partial charge in [0.1, 0.15) is 12.5 Å². The summed E-state index contributed by atoms with van der Waals surface area (Å²) in [6.45, 7) is 2.54. The lowest BCUT2D eigenvalue weighted by atomic mass is 9.69. The number of aliphatic hydroxyl groups is 2. The average molecular weight is 417 g/mol. The van der Waals surface area contributed by atoms with Gasteiger partial charge in [-0.15, -0.1) is 0 Å². The second kappa shape index (κ2) is 6.21. The predicted octanol–water partition coefficient (Wildman–Crippen LogP) is -1.54. The monoisotopic (exact) mass is 417 g/mol. The number of ketones is 2. The van der Waals surface area contributed by atoms with Gasteiger partial charge in [-0.05, 0) is 20.4 Å². The highest BCUT2D eigenvalue weighted by atomic mass is 16.5. The minimum absolute atomic E-state index is 0.0325. The van der Waals surface area contributed by atoms with Crippen molar-refractivity contribution in [3.8, 4) is 0 Å². The molecule has 0 aromatic carbocycles. The van der Waals surface area contributed by atoms with Crippen LogP contribution in [0.15, 0.2) is 22.5 Å². The molecule has 162 valence electrons. The SMILES string of the molecule is COC1=C(C)C(=O)C2=C(C1=O)[C@@H](CO)N1[C@@H]3[C@H]4[C@H](C[C@@H]([C@H]1O)N4C)[C@H]1OCCN1[C@H]23. The number of carbonyl (C=O) groups excluding carboxylic acids is 2. The van der Waals surface area contributed by atoms with Crippen molar-refractivity contribution >= 4 is 11.6 Å². The van der Waals surface area contributed by atoms with Gasteiger partial charge in [0.2, 0.25) is 5.78 Å². The minimum atomic E-state index is -0.837. The molecule has 4 saturated heterocycles. The molecule has 2 bridgehead atoms. The Kier molecular flexibility index (Phi) is 3.95. The molecule has 0 unspecified atom stereocenters. The highest BCUT2D eigenvalue weighted by molar-refractivity contribution is 6.25. The van der Waals surface area contributed by atoms with E-state index < -0.39 is 12.3 Å². The summed E-state index contributed by atoms with van der Waals surface area (Å²) in [6.07, 6.45) is -0.184. The summed E-state index contributed by atoms with van der Waals surface area (Å²) in [5.41, 5.74) is 1.04. The number of methoxy groups -OCH3 is 1. The quantitative estimate of drug-likeness (QED) is 0.518. The lowest BCUT2D eigenvalue weighted by Gasteiger charge is -2.61. The van der Waals surface area contributed by atoms with Crippen LogP contribution in [0, 0.1) is 5.92 Å². The number of nitrogens with zero attached hydrogens (tertiary/aromatic N) is 3. The third-order valence-electron chi connectivity index (χ3n) is 8.33. The molecule has 5 aliphatic heterocycles. The van der Waals surface area contributed by atoms with Gasteiger partial charge in [0.25, 0.3) is 0 Å². The largest absolute Gasteiger partial charge is 0.492 e. The van der Waals surface area contributed by atoms with Crippen LogP contribution >= 0.6 is 0 Å². The zero-order chi connectivity index (χ0) is 21.1. The Morgan fingerprint density at radius 2 is 1.97 bits per heavy atom. The van der Waals surface area contributed by atoms with Crippen LogP contribution in [0.25, 0.3) is 0 Å². The van der Waals surface area contributed by atoms with Gasteiger partial charge < -0.3 is 19.7 Å². The van der Waals surface area contributed by atoms with E-state index in [0.717, 1.165) is 6.42 Å². The van der Waals surface area contributed by atoms with Crippen LogP contribution in [0.1, 0.15) is 13.3 Å². The van der Waals surface area contributed by atoms with E-state index in [2.05, 4.69) is 9.80 Å². The molecule has 0 aromatic rings. The molecule has 5 heterocycles. The van der Waals surface area contributed by atoms with E-state index >= 15 is 0 Å². The second-order valence-corrected chi connectivity index (χ2v) is 9.26. The van der Waals surface area contributed by atoms with Crippen LogP contribution in [0.3, 0.4) is 0 Å². The molecular formula is C21H27N3O6. The average Bonchev–Trinajstić information content (AvgIpc) is 3.32. The van der Waals surface area contributed by atoms with Crippen molar-refractivity contribution in [1.82, 2.24) is 14.7 Å². The van der Waals surface area contributed by atoms with Crippen molar-refractivity contribution in [2.45, 2.75) is 56.0 Å². The number of hydrogen-bond donors (Lipinski definition) is 2. The zero-order valence-electron chi connectivity index (χ0n) is 17.3. The lowest BCUT2D eigenvalue weighted by Crippen LogP contribution is -2.78. The lowest BCUT2D eigenvalue weighted by molar-refractivity contribution is -0.187. The Bertz CT molecular complexity index is 914. The van der Waals surface area contributed by atoms with Crippen molar-refractivity contribution in [1.29, 1.82) is 0 Å². The van der Waals surface area contributed by atoms with Crippen molar-refractivity contribution in [3.05, 3.63) is 22.5 Å². The highest BCUT2D eigenvalue weighted by Gasteiger charge is 2.68. The standard InChI is InChI=1S/C21H27N3O6/c1-8-17(26)13-12(18(27)19(8)29-3)11(7-25)24-16-14-9(6-10(20(24)28)22(14)2)21-23(15(13)16)4-5-30-21/h9-11,14-16,20-21,25,28H,4-7H2,1-3H3/t9-,10-,11+,14+,15+,16+,20+,21+/m0/s1. The van der Waals surface area contributed by atoms with Crippen LogP contribution in [0.5, 0.6) is 0 Å². The van der Waals surface area contributed by atoms with Gasteiger partial charge in [0, 0.05) is 47.3 Å². The number of carbonyl (C=O) groups is 2. The maximum absolute atomic E-state index is 13.6. The van der Waals surface area contributed by atoms with E-state index in [1.165, 1.54) is 7.11 Å². The summed E-state index contributed by atoms with van der Waals surface area (Å²) in [4.78, 5) is 33.3. The molecule has 6 aliphatic rings. The van der Waals surface area contributed by atoms with Gasteiger partial charge in [-0.2, -0.15) is 0 Å². The molecule has 9 nitrogen and oxygen atoms in total. The van der Waals surface area contributed by atoms with Crippen LogP contribution in [0.2, 0.25) is 0 Å². The van der Waals surface area contributed by atoms with Crippen molar-refractivity contribution in [2.75, 3.05) is 33.9 Å². The maximum Gasteiger partial charge on any atom is 0.226 e. The smallest absolute Gasteiger partial charge is 0.226 e. The normalized spacial score (nSPS) is 45.9. The first-order chi connectivity index (χ1) is 14.4. The summed E-state index contributed by atoms with van der Waals surface area (Å²) < 4.78 is 11.4. The summed E-state index contributed by atoms with van der Waals surface area (Å²) in [7, 11) is 3.41. The molecule has 4 fully saturated rings. The molecule has 0 aromatic heterocycles. The zero-order valence-corrected chi connectivity index (χ0v) is 17.3. The first-order valence-electron chi connectivity index (χ1n) is 10.7. The summed E-state index contributed by atoms with van der Waals surface area (Å²) in [5, 5.41) is 21.7. The summed E-state index contributed by atoms with van der Waals surface area (Å²) in [6, 6.07) is -1.31. The van der Waals surface area contributed by atoms with Gasteiger partial charge in [-0.25, -0.2) is 0 Å². The van der Waals surface area contributed by atoms with E-state index in [0.29, 0.717) is 24.3 Å². The molecule has 0 radical (unpaired) electrons. The Morgan fingerprint density at radius 3 is 2.67 bits per heavy atom. The van der Waals surface area contributed by atoms with E-state index in [-0.39, 0.29) is 65.8 Å².